The molecular weight excluding hydrogens is 234 g/mol. The van der Waals surface area contributed by atoms with Crippen molar-refractivity contribution in [1.82, 2.24) is 4.98 Å². The van der Waals surface area contributed by atoms with Gasteiger partial charge in [0, 0.05) is 17.4 Å². The molecule has 0 bridgehead atoms. The van der Waals surface area contributed by atoms with Gasteiger partial charge in [-0.15, -0.1) is 11.3 Å². The molecule has 4 nitrogen and oxygen atoms in total. The van der Waals surface area contributed by atoms with Gasteiger partial charge in [0.2, 0.25) is 0 Å². The Morgan fingerprint density at radius 3 is 2.73 bits per heavy atom. The van der Waals surface area contributed by atoms with Crippen LogP contribution in [-0.4, -0.2) is 30.5 Å². The lowest BCUT2D eigenvalue weighted by molar-refractivity contribution is 0.162. The van der Waals surface area contributed by atoms with Crippen LogP contribution in [0, 0.1) is 6.92 Å². The van der Waals surface area contributed by atoms with Crippen molar-refractivity contribution in [2.24, 2.45) is 0 Å². The Morgan fingerprint density at radius 2 is 2.27 bits per heavy atom. The lowest BCUT2D eigenvalue weighted by atomic mass is 10.2. The van der Waals surface area contributed by atoms with Gasteiger partial charge in [-0.25, -0.2) is 13.4 Å². The highest BCUT2D eigenvalue weighted by molar-refractivity contribution is 7.90. The van der Waals surface area contributed by atoms with E-state index in [0.29, 0.717) is 18.5 Å². The summed E-state index contributed by atoms with van der Waals surface area (Å²) in [5, 5.41) is 12.4. The molecule has 1 aromatic heterocycles. The normalized spacial score (nSPS) is 14.1. The summed E-state index contributed by atoms with van der Waals surface area (Å²) in [6.45, 7) is 1.87. The lowest BCUT2D eigenvalue weighted by Gasteiger charge is -2.06. The Kier molecular flexibility index (Phi) is 4.24. The fourth-order valence-electron chi connectivity index (χ4n) is 1.22. The molecule has 0 aromatic carbocycles. The zero-order chi connectivity index (χ0) is 11.5. The molecule has 0 aliphatic heterocycles. The molecule has 1 unspecified atom stereocenters. The van der Waals surface area contributed by atoms with E-state index in [9.17, 15) is 13.5 Å². The molecule has 1 atom stereocenters. The van der Waals surface area contributed by atoms with Gasteiger partial charge in [-0.3, -0.25) is 0 Å². The molecule has 6 heteroatoms. The third-order valence-corrected chi connectivity index (χ3v) is 3.79. The smallest absolute Gasteiger partial charge is 0.147 e. The molecule has 0 radical (unpaired) electrons. The van der Waals surface area contributed by atoms with E-state index in [1.54, 1.807) is 5.38 Å². The van der Waals surface area contributed by atoms with Crippen LogP contribution in [0.4, 0.5) is 0 Å². The summed E-state index contributed by atoms with van der Waals surface area (Å²) >= 11 is 1.48. The average molecular weight is 249 g/mol. The first-order valence-corrected chi connectivity index (χ1v) is 7.60. The van der Waals surface area contributed by atoms with Crippen molar-refractivity contribution in [2.45, 2.75) is 25.9 Å². The minimum atomic E-state index is -2.93. The summed E-state index contributed by atoms with van der Waals surface area (Å²) < 4.78 is 21.7. The predicted molar refractivity (Wildman–Crippen MR) is 60.8 cm³/mol. The monoisotopic (exact) mass is 249 g/mol. The van der Waals surface area contributed by atoms with Gasteiger partial charge in [0.25, 0.3) is 0 Å². The molecule has 0 fully saturated rings. The molecule has 15 heavy (non-hydrogen) atoms. The summed E-state index contributed by atoms with van der Waals surface area (Å²) in [6, 6.07) is 0. The quantitative estimate of drug-likeness (QED) is 0.854. The SMILES string of the molecule is Cc1nc(C(O)CCCS(C)(=O)=O)cs1. The van der Waals surface area contributed by atoms with Gasteiger partial charge in [-0.2, -0.15) is 0 Å². The second-order valence-corrected chi connectivity index (χ2v) is 6.90. The van der Waals surface area contributed by atoms with Gasteiger partial charge in [-0.1, -0.05) is 0 Å². The summed E-state index contributed by atoms with van der Waals surface area (Å²) in [7, 11) is -2.93. The molecule has 1 aromatic rings. The molecular formula is C9H15NO3S2. The highest BCUT2D eigenvalue weighted by Gasteiger charge is 2.12. The molecule has 1 N–H and O–H groups in total. The summed E-state index contributed by atoms with van der Waals surface area (Å²) in [5.41, 5.74) is 0.644. The maximum Gasteiger partial charge on any atom is 0.147 e. The number of sulfone groups is 1. The van der Waals surface area contributed by atoms with E-state index in [-0.39, 0.29) is 5.75 Å². The third kappa shape index (κ3) is 4.72. The molecule has 0 spiro atoms. The van der Waals surface area contributed by atoms with Gasteiger partial charge in [-0.05, 0) is 19.8 Å². The fourth-order valence-corrected chi connectivity index (χ4v) is 2.57. The predicted octanol–water partition coefficient (Wildman–Crippen LogP) is 1.31. The van der Waals surface area contributed by atoms with Crippen molar-refractivity contribution < 1.29 is 13.5 Å². The van der Waals surface area contributed by atoms with Crippen LogP contribution in [0.3, 0.4) is 0 Å². The number of aromatic nitrogens is 1. The van der Waals surface area contributed by atoms with E-state index in [4.69, 9.17) is 0 Å². The summed E-state index contributed by atoms with van der Waals surface area (Å²) in [5.74, 6) is 0.118. The second kappa shape index (κ2) is 5.05. The average Bonchev–Trinajstić information content (AvgIpc) is 2.49. The van der Waals surface area contributed by atoms with Gasteiger partial charge in [0.15, 0.2) is 0 Å². The fraction of sp³-hybridized carbons (Fsp3) is 0.667. The minimum Gasteiger partial charge on any atom is -0.387 e. The Balaban J connectivity index is 2.40. The first-order valence-electron chi connectivity index (χ1n) is 4.66. The molecule has 86 valence electrons. The Hall–Kier alpha value is -0.460. The summed E-state index contributed by atoms with van der Waals surface area (Å²) in [4.78, 5) is 4.14. The number of hydrogen-bond acceptors (Lipinski definition) is 5. The van der Waals surface area contributed by atoms with Crippen LogP contribution in [0.15, 0.2) is 5.38 Å². The van der Waals surface area contributed by atoms with Crippen LogP contribution >= 0.6 is 11.3 Å². The van der Waals surface area contributed by atoms with Crippen LogP contribution < -0.4 is 0 Å². The van der Waals surface area contributed by atoms with Crippen LogP contribution in [0.1, 0.15) is 29.6 Å². The Bertz CT molecular complexity index is 411. The van der Waals surface area contributed by atoms with E-state index in [0.717, 1.165) is 5.01 Å². The van der Waals surface area contributed by atoms with Crippen molar-refractivity contribution in [1.29, 1.82) is 0 Å². The van der Waals surface area contributed by atoms with E-state index in [1.165, 1.54) is 17.6 Å². The van der Waals surface area contributed by atoms with Crippen molar-refractivity contribution in [3.63, 3.8) is 0 Å². The highest BCUT2D eigenvalue weighted by Crippen LogP contribution is 2.20. The van der Waals surface area contributed by atoms with Crippen molar-refractivity contribution in [3.05, 3.63) is 16.1 Å². The minimum absolute atomic E-state index is 0.118. The first-order chi connectivity index (χ1) is 6.88. The van der Waals surface area contributed by atoms with Gasteiger partial charge in [0.1, 0.15) is 9.84 Å². The maximum absolute atomic E-state index is 10.9. The molecule has 0 saturated carbocycles. The maximum atomic E-state index is 10.9. The summed E-state index contributed by atoms with van der Waals surface area (Å²) in [6.07, 6.45) is 1.47. The van der Waals surface area contributed by atoms with E-state index in [2.05, 4.69) is 4.98 Å². The zero-order valence-corrected chi connectivity index (χ0v) is 10.4. The van der Waals surface area contributed by atoms with Crippen LogP contribution in [0.2, 0.25) is 0 Å². The molecule has 1 rings (SSSR count). The zero-order valence-electron chi connectivity index (χ0n) is 8.80. The highest BCUT2D eigenvalue weighted by atomic mass is 32.2. The van der Waals surface area contributed by atoms with Gasteiger partial charge >= 0.3 is 0 Å². The molecule has 0 amide bonds. The standard InChI is InChI=1S/C9H15NO3S2/c1-7-10-8(6-14-7)9(11)4-3-5-15(2,12)13/h6,9,11H,3-5H2,1-2H3. The topological polar surface area (TPSA) is 67.3 Å². The number of aliphatic hydroxyl groups excluding tert-OH is 1. The van der Waals surface area contributed by atoms with E-state index in [1.807, 2.05) is 6.92 Å². The molecule has 0 aliphatic carbocycles. The van der Waals surface area contributed by atoms with Crippen molar-refractivity contribution in [3.8, 4) is 0 Å². The largest absolute Gasteiger partial charge is 0.387 e. The number of nitrogens with zero attached hydrogens (tertiary/aromatic N) is 1. The van der Waals surface area contributed by atoms with Crippen LogP contribution in [-0.2, 0) is 9.84 Å². The number of thiazole rings is 1. The van der Waals surface area contributed by atoms with Crippen LogP contribution in [0.5, 0.6) is 0 Å². The number of aryl methyl sites for hydroxylation is 1. The number of aliphatic hydroxyl groups is 1. The second-order valence-electron chi connectivity index (χ2n) is 3.58. The molecule has 0 aliphatic rings. The van der Waals surface area contributed by atoms with Gasteiger partial charge in [0.05, 0.1) is 16.8 Å². The Labute approximate surface area is 93.9 Å². The van der Waals surface area contributed by atoms with Crippen molar-refractivity contribution in [2.75, 3.05) is 12.0 Å². The molecule has 0 saturated heterocycles. The Morgan fingerprint density at radius 1 is 1.60 bits per heavy atom. The molecule has 1 heterocycles. The van der Waals surface area contributed by atoms with Crippen molar-refractivity contribution >= 4 is 21.2 Å². The van der Waals surface area contributed by atoms with E-state index >= 15 is 0 Å². The first kappa shape index (κ1) is 12.6. The van der Waals surface area contributed by atoms with Gasteiger partial charge < -0.3 is 5.11 Å². The lowest BCUT2D eigenvalue weighted by Crippen LogP contribution is -2.06. The third-order valence-electron chi connectivity index (χ3n) is 1.97. The number of rotatable bonds is 5. The van der Waals surface area contributed by atoms with E-state index < -0.39 is 15.9 Å². The van der Waals surface area contributed by atoms with Crippen LogP contribution in [0.25, 0.3) is 0 Å². The number of hydrogen-bond donors (Lipinski definition) is 1.